The quantitative estimate of drug-likeness (QED) is 0.220. The summed E-state index contributed by atoms with van der Waals surface area (Å²) in [5.74, 6) is 3.72. The largest absolute Gasteiger partial charge is 0.384 e. The average Bonchev–Trinajstić information content (AvgIpc) is 3.22. The topological polar surface area (TPSA) is 122 Å². The van der Waals surface area contributed by atoms with Crippen molar-refractivity contribution in [3.8, 4) is 12.3 Å². The van der Waals surface area contributed by atoms with Crippen LogP contribution in [0.15, 0.2) is 36.5 Å². The first kappa shape index (κ1) is 26.8. The highest BCUT2D eigenvalue weighted by Crippen LogP contribution is 2.36. The molecule has 0 radical (unpaired) electrons. The van der Waals surface area contributed by atoms with Crippen LogP contribution in [0.2, 0.25) is 0 Å². The summed E-state index contributed by atoms with van der Waals surface area (Å²) in [6, 6.07) is 10.1. The van der Waals surface area contributed by atoms with Gasteiger partial charge in [0.2, 0.25) is 5.95 Å². The van der Waals surface area contributed by atoms with Crippen molar-refractivity contribution in [3.63, 3.8) is 0 Å². The van der Waals surface area contributed by atoms with Gasteiger partial charge in [0, 0.05) is 43.8 Å². The first-order valence-electron chi connectivity index (χ1n) is 13.3. The molecule has 3 heterocycles. The molecule has 1 fully saturated rings. The van der Waals surface area contributed by atoms with Gasteiger partial charge in [0.15, 0.2) is 0 Å². The number of aryl methyl sites for hydroxylation is 2. The number of hydrogen-bond acceptors (Lipinski definition) is 10. The van der Waals surface area contributed by atoms with E-state index in [0.29, 0.717) is 35.3 Å². The second-order valence-corrected chi connectivity index (χ2v) is 10.5. The van der Waals surface area contributed by atoms with E-state index < -0.39 is 11.8 Å². The molecular formula is C29H36N8O2. The van der Waals surface area contributed by atoms with Crippen LogP contribution >= 0.6 is 0 Å². The van der Waals surface area contributed by atoms with E-state index in [2.05, 4.69) is 72.7 Å². The molecule has 2 aromatic heterocycles. The van der Waals surface area contributed by atoms with Gasteiger partial charge in [-0.1, -0.05) is 12.0 Å². The molecule has 10 heteroatoms. The SMILES string of the molecule is C#CCNC(O)c1cnc(Nc2ccc(N3CCN(C)CC3)c(C)c2)nc1Nc1ccc2c(n1)C(C)(O)CC2. The van der Waals surface area contributed by atoms with Crippen molar-refractivity contribution in [3.05, 3.63) is 58.9 Å². The predicted octanol–water partition coefficient (Wildman–Crippen LogP) is 2.79. The minimum Gasteiger partial charge on any atom is -0.384 e. The standard InChI is InChI=1S/C29H36N8O2/c1-5-12-30-27(38)22-18-31-28(32-21-7-8-23(19(2)17-21)37-15-13-36(4)14-16-37)35-26(22)34-24-9-6-20-10-11-29(3,39)25(20)33-24/h1,6-9,17-18,27,30,38-39H,10-16H2,2-4H3,(H2,31,32,33,34,35). The number of benzene rings is 1. The summed E-state index contributed by atoms with van der Waals surface area (Å²) in [5, 5.41) is 30.8. The fourth-order valence-corrected chi connectivity index (χ4v) is 5.13. The molecule has 204 valence electrons. The molecule has 0 spiro atoms. The van der Waals surface area contributed by atoms with Crippen LogP contribution in [-0.4, -0.2) is 69.8 Å². The number of hydrogen-bond donors (Lipinski definition) is 5. The zero-order valence-electron chi connectivity index (χ0n) is 22.7. The monoisotopic (exact) mass is 528 g/mol. The number of likely N-dealkylation sites (N-methyl/N-ethyl adjacent to an activating group) is 1. The van der Waals surface area contributed by atoms with Gasteiger partial charge >= 0.3 is 0 Å². The van der Waals surface area contributed by atoms with Gasteiger partial charge in [-0.05, 0) is 69.1 Å². The van der Waals surface area contributed by atoms with Crippen LogP contribution in [0.3, 0.4) is 0 Å². The Bertz CT molecular complexity index is 1380. The molecular weight excluding hydrogens is 492 g/mol. The number of fused-ring (bicyclic) bond motifs is 1. The van der Waals surface area contributed by atoms with Gasteiger partial charge in [0.05, 0.1) is 17.8 Å². The van der Waals surface area contributed by atoms with Gasteiger partial charge in [0.1, 0.15) is 23.5 Å². The maximum atomic E-state index is 10.7. The number of aliphatic hydroxyl groups excluding tert-OH is 1. The first-order chi connectivity index (χ1) is 18.7. The Balaban J connectivity index is 1.40. The van der Waals surface area contributed by atoms with Crippen LogP contribution in [-0.2, 0) is 12.0 Å². The molecule has 1 saturated heterocycles. The molecule has 39 heavy (non-hydrogen) atoms. The first-order valence-corrected chi connectivity index (χ1v) is 13.3. The van der Waals surface area contributed by atoms with Crippen molar-refractivity contribution in [2.75, 3.05) is 55.3 Å². The minimum absolute atomic E-state index is 0.180. The summed E-state index contributed by atoms with van der Waals surface area (Å²) in [7, 11) is 2.15. The predicted molar refractivity (Wildman–Crippen MR) is 153 cm³/mol. The highest BCUT2D eigenvalue weighted by molar-refractivity contribution is 5.65. The van der Waals surface area contributed by atoms with E-state index in [1.807, 2.05) is 18.2 Å². The molecule has 10 nitrogen and oxygen atoms in total. The van der Waals surface area contributed by atoms with E-state index in [0.717, 1.165) is 43.9 Å². The van der Waals surface area contributed by atoms with Crippen molar-refractivity contribution in [2.45, 2.75) is 38.5 Å². The van der Waals surface area contributed by atoms with Gasteiger partial charge in [-0.3, -0.25) is 5.32 Å². The lowest BCUT2D eigenvalue weighted by Gasteiger charge is -2.35. The summed E-state index contributed by atoms with van der Waals surface area (Å²) < 4.78 is 0. The third-order valence-electron chi connectivity index (χ3n) is 7.42. The number of piperazine rings is 1. The fourth-order valence-electron chi connectivity index (χ4n) is 5.13. The Labute approximate surface area is 229 Å². The highest BCUT2D eigenvalue weighted by atomic mass is 16.3. The molecule has 2 unspecified atom stereocenters. The summed E-state index contributed by atoms with van der Waals surface area (Å²) in [4.78, 5) is 18.5. The molecule has 1 aliphatic heterocycles. The lowest BCUT2D eigenvalue weighted by molar-refractivity contribution is 0.0555. The Morgan fingerprint density at radius 3 is 2.67 bits per heavy atom. The normalized spacial score (nSPS) is 19.8. The number of anilines is 5. The molecule has 3 aromatic rings. The number of nitrogens with zero attached hydrogens (tertiary/aromatic N) is 5. The maximum absolute atomic E-state index is 10.7. The van der Waals surface area contributed by atoms with Crippen LogP contribution in [0.5, 0.6) is 0 Å². The van der Waals surface area contributed by atoms with Crippen molar-refractivity contribution < 1.29 is 10.2 Å². The van der Waals surface area contributed by atoms with E-state index in [-0.39, 0.29) is 6.54 Å². The van der Waals surface area contributed by atoms with Gasteiger partial charge in [-0.2, -0.15) is 4.98 Å². The van der Waals surface area contributed by atoms with E-state index in [1.165, 1.54) is 11.3 Å². The van der Waals surface area contributed by atoms with Crippen molar-refractivity contribution in [2.24, 2.45) is 0 Å². The van der Waals surface area contributed by atoms with Crippen molar-refractivity contribution in [1.82, 2.24) is 25.2 Å². The Hall–Kier alpha value is -3.75. The van der Waals surface area contributed by atoms with Gasteiger partial charge in [0.25, 0.3) is 0 Å². The van der Waals surface area contributed by atoms with E-state index >= 15 is 0 Å². The molecule has 5 N–H and O–H groups in total. The maximum Gasteiger partial charge on any atom is 0.229 e. The second-order valence-electron chi connectivity index (χ2n) is 10.5. The lowest BCUT2D eigenvalue weighted by Crippen LogP contribution is -2.44. The number of aromatic nitrogens is 3. The number of rotatable bonds is 8. The van der Waals surface area contributed by atoms with Crippen molar-refractivity contribution >= 4 is 29.0 Å². The third kappa shape index (κ3) is 5.97. The van der Waals surface area contributed by atoms with Crippen LogP contribution in [0.4, 0.5) is 29.0 Å². The van der Waals surface area contributed by atoms with Gasteiger partial charge < -0.3 is 30.6 Å². The van der Waals surface area contributed by atoms with E-state index in [1.54, 1.807) is 13.1 Å². The smallest absolute Gasteiger partial charge is 0.229 e. The molecule has 0 saturated carbocycles. The Morgan fingerprint density at radius 1 is 1.13 bits per heavy atom. The highest BCUT2D eigenvalue weighted by Gasteiger charge is 2.34. The van der Waals surface area contributed by atoms with Crippen LogP contribution < -0.4 is 20.9 Å². The summed E-state index contributed by atoms with van der Waals surface area (Å²) >= 11 is 0. The van der Waals surface area contributed by atoms with Crippen LogP contribution in [0.25, 0.3) is 0 Å². The zero-order valence-corrected chi connectivity index (χ0v) is 22.7. The summed E-state index contributed by atoms with van der Waals surface area (Å²) in [6.45, 7) is 8.18. The summed E-state index contributed by atoms with van der Waals surface area (Å²) in [6.07, 6.45) is 7.25. The van der Waals surface area contributed by atoms with Crippen LogP contribution in [0.1, 0.15) is 42.0 Å². The number of pyridine rings is 1. The zero-order chi connectivity index (χ0) is 27.6. The minimum atomic E-state index is -1.08. The molecule has 1 aliphatic carbocycles. The average molecular weight is 529 g/mol. The molecule has 2 aliphatic rings. The third-order valence-corrected chi connectivity index (χ3v) is 7.42. The second kappa shape index (κ2) is 11.2. The van der Waals surface area contributed by atoms with E-state index in [4.69, 9.17) is 6.42 Å². The fraction of sp³-hybridized carbons (Fsp3) is 0.414. The molecule has 0 bridgehead atoms. The molecule has 5 rings (SSSR count). The Kier molecular flexibility index (Phi) is 7.68. The number of nitrogens with one attached hydrogen (secondary N) is 3. The molecule has 2 atom stereocenters. The molecule has 0 amide bonds. The lowest BCUT2D eigenvalue weighted by atomic mass is 10.0. The molecule has 1 aromatic carbocycles. The van der Waals surface area contributed by atoms with Crippen molar-refractivity contribution in [1.29, 1.82) is 0 Å². The van der Waals surface area contributed by atoms with Gasteiger partial charge in [-0.15, -0.1) is 6.42 Å². The number of aliphatic hydroxyl groups is 2. The van der Waals surface area contributed by atoms with E-state index in [9.17, 15) is 10.2 Å². The Morgan fingerprint density at radius 2 is 1.92 bits per heavy atom. The number of terminal acetylenes is 1. The van der Waals surface area contributed by atoms with Crippen LogP contribution in [0, 0.1) is 19.3 Å². The summed E-state index contributed by atoms with van der Waals surface area (Å²) in [5.41, 5.74) is 4.39. The van der Waals surface area contributed by atoms with Gasteiger partial charge in [-0.25, -0.2) is 9.97 Å².